The molecule has 0 bridgehead atoms. The van der Waals surface area contributed by atoms with Crippen molar-refractivity contribution in [3.63, 3.8) is 0 Å². The van der Waals surface area contributed by atoms with Gasteiger partial charge in [0, 0.05) is 13.1 Å². The van der Waals surface area contributed by atoms with Crippen LogP contribution in [0, 0.1) is 0 Å². The molecule has 0 saturated carbocycles. The lowest BCUT2D eigenvalue weighted by Crippen LogP contribution is -2.62. The molecule has 1 rings (SSSR count). The van der Waals surface area contributed by atoms with Crippen LogP contribution >= 0.6 is 0 Å². The molecule has 0 spiro atoms. The van der Waals surface area contributed by atoms with Gasteiger partial charge in [-0.3, -0.25) is 9.59 Å². The van der Waals surface area contributed by atoms with E-state index in [9.17, 15) is 9.59 Å². The second kappa shape index (κ2) is 3.10. The van der Waals surface area contributed by atoms with Crippen LogP contribution in [0.1, 0.15) is 13.3 Å². The average Bonchev–Trinajstić information content (AvgIpc) is 1.94. The molecule has 1 fully saturated rings. The van der Waals surface area contributed by atoms with E-state index in [1.54, 1.807) is 6.92 Å². The zero-order chi connectivity index (χ0) is 9.19. The maximum atomic E-state index is 11.3. The van der Waals surface area contributed by atoms with E-state index in [-0.39, 0.29) is 12.3 Å². The Kier molecular flexibility index (Phi) is 2.32. The number of rotatable bonds is 2. The molecule has 1 atom stereocenters. The molecule has 4 N–H and O–H groups in total. The van der Waals surface area contributed by atoms with Gasteiger partial charge in [0.15, 0.2) is 0 Å². The highest BCUT2D eigenvalue weighted by molar-refractivity contribution is 5.91. The second-order valence-electron chi connectivity index (χ2n) is 3.16. The van der Waals surface area contributed by atoms with Crippen molar-refractivity contribution in [3.05, 3.63) is 0 Å². The maximum absolute atomic E-state index is 11.3. The van der Waals surface area contributed by atoms with E-state index >= 15 is 0 Å². The van der Waals surface area contributed by atoms with E-state index < -0.39 is 11.4 Å². The van der Waals surface area contributed by atoms with E-state index in [0.29, 0.717) is 13.1 Å². The van der Waals surface area contributed by atoms with Crippen LogP contribution in [-0.4, -0.2) is 30.4 Å². The Balaban J connectivity index is 2.66. The Hall–Kier alpha value is -1.10. The Labute approximate surface area is 70.7 Å². The van der Waals surface area contributed by atoms with Gasteiger partial charge in [-0.2, -0.15) is 0 Å². The summed E-state index contributed by atoms with van der Waals surface area (Å²) in [5, 5.41) is 5.63. The van der Waals surface area contributed by atoms with Crippen molar-refractivity contribution < 1.29 is 9.59 Å². The summed E-state index contributed by atoms with van der Waals surface area (Å²) in [4.78, 5) is 21.9. The zero-order valence-electron chi connectivity index (χ0n) is 7.02. The predicted molar refractivity (Wildman–Crippen MR) is 43.2 cm³/mol. The van der Waals surface area contributed by atoms with Crippen LogP contribution in [0.2, 0.25) is 0 Å². The fourth-order valence-electron chi connectivity index (χ4n) is 1.28. The van der Waals surface area contributed by atoms with E-state index in [2.05, 4.69) is 10.6 Å². The number of amides is 2. The number of carbonyl (C=O) groups is 2. The quantitative estimate of drug-likeness (QED) is 0.465. The minimum absolute atomic E-state index is 0.0405. The molecule has 0 aliphatic carbocycles. The third kappa shape index (κ3) is 1.73. The molecule has 1 aliphatic heterocycles. The molecule has 1 aliphatic rings. The third-order valence-electron chi connectivity index (χ3n) is 1.95. The van der Waals surface area contributed by atoms with Gasteiger partial charge in [0.25, 0.3) is 0 Å². The van der Waals surface area contributed by atoms with E-state index in [1.807, 2.05) is 0 Å². The molecular formula is C7H13N3O2. The van der Waals surface area contributed by atoms with Crippen molar-refractivity contribution in [2.24, 2.45) is 5.73 Å². The van der Waals surface area contributed by atoms with Crippen molar-refractivity contribution >= 4 is 11.8 Å². The summed E-state index contributed by atoms with van der Waals surface area (Å²) < 4.78 is 0. The number of piperazine rings is 1. The first-order valence-electron chi connectivity index (χ1n) is 3.86. The van der Waals surface area contributed by atoms with Crippen LogP contribution in [0.3, 0.4) is 0 Å². The first-order chi connectivity index (χ1) is 5.54. The molecule has 2 amide bonds. The van der Waals surface area contributed by atoms with Crippen LogP contribution in [0.4, 0.5) is 0 Å². The lowest BCUT2D eigenvalue weighted by Gasteiger charge is -2.32. The molecule has 5 heteroatoms. The molecule has 1 saturated heterocycles. The lowest BCUT2D eigenvalue weighted by atomic mass is 9.94. The smallest absolute Gasteiger partial charge is 0.240 e. The van der Waals surface area contributed by atoms with Gasteiger partial charge in [0.05, 0.1) is 6.42 Å². The van der Waals surface area contributed by atoms with E-state index in [1.165, 1.54) is 0 Å². The lowest BCUT2D eigenvalue weighted by molar-refractivity contribution is -0.132. The number of hydrogen-bond donors (Lipinski definition) is 3. The number of primary amides is 1. The third-order valence-corrected chi connectivity index (χ3v) is 1.95. The fourth-order valence-corrected chi connectivity index (χ4v) is 1.28. The highest BCUT2D eigenvalue weighted by Gasteiger charge is 2.36. The largest absolute Gasteiger partial charge is 0.370 e. The monoisotopic (exact) mass is 171 g/mol. The molecule has 1 unspecified atom stereocenters. The van der Waals surface area contributed by atoms with Crippen molar-refractivity contribution in [2.75, 3.05) is 13.1 Å². The topological polar surface area (TPSA) is 84.2 Å². The van der Waals surface area contributed by atoms with Crippen LogP contribution in [0.25, 0.3) is 0 Å². The van der Waals surface area contributed by atoms with Gasteiger partial charge < -0.3 is 16.4 Å². The standard InChI is InChI=1S/C7H13N3O2/c1-7(4-5(8)11)6(12)9-2-3-10-7/h10H,2-4H2,1H3,(H2,8,11)(H,9,12). The molecule has 0 aromatic rings. The summed E-state index contributed by atoms with van der Waals surface area (Å²) in [6.45, 7) is 2.95. The number of carbonyl (C=O) groups excluding carboxylic acids is 2. The van der Waals surface area contributed by atoms with E-state index in [4.69, 9.17) is 5.73 Å². The first kappa shape index (κ1) is 8.99. The number of nitrogens with two attached hydrogens (primary N) is 1. The molecule has 5 nitrogen and oxygen atoms in total. The average molecular weight is 171 g/mol. The minimum Gasteiger partial charge on any atom is -0.370 e. The van der Waals surface area contributed by atoms with Gasteiger partial charge in [0.1, 0.15) is 5.54 Å². The molecule has 0 aromatic carbocycles. The van der Waals surface area contributed by atoms with Gasteiger partial charge in [-0.1, -0.05) is 0 Å². The number of hydrogen-bond acceptors (Lipinski definition) is 3. The van der Waals surface area contributed by atoms with E-state index in [0.717, 1.165) is 0 Å². The highest BCUT2D eigenvalue weighted by Crippen LogP contribution is 2.10. The summed E-state index contributed by atoms with van der Waals surface area (Å²) in [5.41, 5.74) is 4.20. The Morgan fingerprint density at radius 1 is 1.67 bits per heavy atom. The van der Waals surface area contributed by atoms with Crippen molar-refractivity contribution in [2.45, 2.75) is 18.9 Å². The molecule has 0 radical (unpaired) electrons. The minimum atomic E-state index is -0.815. The summed E-state index contributed by atoms with van der Waals surface area (Å²) in [7, 11) is 0. The van der Waals surface area contributed by atoms with Gasteiger partial charge in [-0.05, 0) is 6.92 Å². The molecule has 68 valence electrons. The van der Waals surface area contributed by atoms with Gasteiger partial charge in [-0.25, -0.2) is 0 Å². The van der Waals surface area contributed by atoms with Crippen molar-refractivity contribution in [1.82, 2.24) is 10.6 Å². The Morgan fingerprint density at radius 2 is 2.33 bits per heavy atom. The van der Waals surface area contributed by atoms with Crippen LogP contribution < -0.4 is 16.4 Å². The van der Waals surface area contributed by atoms with Crippen LogP contribution in [0.5, 0.6) is 0 Å². The second-order valence-corrected chi connectivity index (χ2v) is 3.16. The van der Waals surface area contributed by atoms with Crippen molar-refractivity contribution in [3.8, 4) is 0 Å². The Bertz CT molecular complexity index is 217. The summed E-state index contributed by atoms with van der Waals surface area (Å²) in [6, 6.07) is 0. The van der Waals surface area contributed by atoms with Crippen LogP contribution in [0.15, 0.2) is 0 Å². The summed E-state index contributed by atoms with van der Waals surface area (Å²) in [6.07, 6.45) is 0.0405. The highest BCUT2D eigenvalue weighted by atomic mass is 16.2. The van der Waals surface area contributed by atoms with Crippen LogP contribution in [-0.2, 0) is 9.59 Å². The zero-order valence-corrected chi connectivity index (χ0v) is 7.02. The van der Waals surface area contributed by atoms with Gasteiger partial charge >= 0.3 is 0 Å². The van der Waals surface area contributed by atoms with Gasteiger partial charge in [-0.15, -0.1) is 0 Å². The normalized spacial score (nSPS) is 29.6. The van der Waals surface area contributed by atoms with Gasteiger partial charge in [0.2, 0.25) is 11.8 Å². The maximum Gasteiger partial charge on any atom is 0.240 e. The molecule has 1 heterocycles. The van der Waals surface area contributed by atoms with Crippen molar-refractivity contribution in [1.29, 1.82) is 0 Å². The molecule has 12 heavy (non-hydrogen) atoms. The first-order valence-corrected chi connectivity index (χ1v) is 3.86. The summed E-state index contributed by atoms with van der Waals surface area (Å²) in [5.74, 6) is -0.630. The SMILES string of the molecule is CC1(CC(N)=O)NCCNC1=O. The summed E-state index contributed by atoms with van der Waals surface area (Å²) >= 11 is 0. The predicted octanol–water partition coefficient (Wildman–Crippen LogP) is -1.66. The molecule has 0 aromatic heterocycles. The fraction of sp³-hybridized carbons (Fsp3) is 0.714. The molecular weight excluding hydrogens is 158 g/mol. The Morgan fingerprint density at radius 3 is 2.83 bits per heavy atom. The number of nitrogens with one attached hydrogen (secondary N) is 2.